The quantitative estimate of drug-likeness (QED) is 0.151. The Balaban J connectivity index is 0.741. The molecule has 16 heteroatoms. The Hall–Kier alpha value is -6.03. The first-order valence-corrected chi connectivity index (χ1v) is 21.9. The fraction of sp³-hybridized carbons (Fsp3) is 0.489. The number of primary amides is 1. The zero-order valence-electron chi connectivity index (χ0n) is 34.6. The van der Waals surface area contributed by atoms with Crippen molar-refractivity contribution in [2.75, 3.05) is 63.1 Å². The van der Waals surface area contributed by atoms with E-state index in [9.17, 15) is 19.2 Å². The average molecular weight is 828 g/mol. The van der Waals surface area contributed by atoms with Crippen LogP contribution in [-0.2, 0) is 9.59 Å². The second-order valence-corrected chi connectivity index (χ2v) is 17.8. The van der Waals surface area contributed by atoms with Crippen molar-refractivity contribution in [3.05, 3.63) is 71.8 Å². The van der Waals surface area contributed by atoms with Gasteiger partial charge in [-0.05, 0) is 112 Å². The summed E-state index contributed by atoms with van der Waals surface area (Å²) in [6.45, 7) is 6.16. The molecule has 4 aliphatic heterocycles. The van der Waals surface area contributed by atoms with E-state index in [0.717, 1.165) is 99.8 Å². The van der Waals surface area contributed by atoms with Gasteiger partial charge in [-0.15, -0.1) is 0 Å². The number of likely N-dealkylation sites (N-methyl/N-ethyl adjacent to an activating group) is 1. The first-order chi connectivity index (χ1) is 29.7. The number of nitrogens with one attached hydrogen (secondary N) is 2. The highest BCUT2D eigenvalue weighted by molar-refractivity contribution is 6.09. The number of rotatable bonds is 10. The summed E-state index contributed by atoms with van der Waals surface area (Å²) < 4.78 is 8.08. The second kappa shape index (κ2) is 16.1. The molecule has 1 aliphatic carbocycles. The molecular formula is C45H53N11O5. The molecule has 0 spiro atoms. The maximum absolute atomic E-state index is 12.7. The molecule has 16 nitrogen and oxygen atoms in total. The number of aromatic nitrogens is 4. The summed E-state index contributed by atoms with van der Waals surface area (Å²) in [7, 11) is 1.84. The summed E-state index contributed by atoms with van der Waals surface area (Å²) >= 11 is 0. The molecule has 4 saturated heterocycles. The lowest BCUT2D eigenvalue weighted by atomic mass is 9.89. The van der Waals surface area contributed by atoms with E-state index in [1.807, 2.05) is 30.1 Å². The first-order valence-electron chi connectivity index (χ1n) is 21.9. The molecule has 4 N–H and O–H groups in total. The van der Waals surface area contributed by atoms with Gasteiger partial charge in [-0.25, -0.2) is 14.8 Å². The van der Waals surface area contributed by atoms with E-state index >= 15 is 0 Å². The minimum absolute atomic E-state index is 0.0712. The largest absolute Gasteiger partial charge is 0.364 e. The molecule has 5 amide bonds. The van der Waals surface area contributed by atoms with Gasteiger partial charge in [-0.1, -0.05) is 17.3 Å². The topological polar surface area (TPSA) is 188 Å². The van der Waals surface area contributed by atoms with Crippen molar-refractivity contribution < 1.29 is 23.7 Å². The van der Waals surface area contributed by atoms with Crippen LogP contribution in [0.25, 0.3) is 21.9 Å². The molecule has 3 aromatic heterocycles. The Labute approximate surface area is 353 Å². The van der Waals surface area contributed by atoms with Gasteiger partial charge in [0.05, 0.1) is 23.5 Å². The number of nitrogens with two attached hydrogens (primary N) is 1. The van der Waals surface area contributed by atoms with E-state index in [2.05, 4.69) is 65.6 Å². The molecule has 0 bridgehead atoms. The van der Waals surface area contributed by atoms with Gasteiger partial charge in [0.25, 0.3) is 5.91 Å². The zero-order chi connectivity index (χ0) is 41.8. The maximum Gasteiger partial charge on any atom is 0.320 e. The van der Waals surface area contributed by atoms with E-state index < -0.39 is 11.8 Å². The van der Waals surface area contributed by atoms with Crippen LogP contribution in [0.15, 0.2) is 59.4 Å². The third-order valence-corrected chi connectivity index (χ3v) is 14.0. The van der Waals surface area contributed by atoms with Crippen molar-refractivity contribution in [1.29, 1.82) is 0 Å². The minimum atomic E-state index is -0.644. The summed E-state index contributed by atoms with van der Waals surface area (Å²) in [5.74, 6) is 0.405. The van der Waals surface area contributed by atoms with Crippen molar-refractivity contribution >= 4 is 62.9 Å². The van der Waals surface area contributed by atoms with Gasteiger partial charge in [0.1, 0.15) is 11.5 Å². The number of piperidine rings is 3. The van der Waals surface area contributed by atoms with Gasteiger partial charge in [0.15, 0.2) is 17.1 Å². The molecule has 10 rings (SSSR count). The molecule has 5 aromatic rings. The Morgan fingerprint density at radius 1 is 0.934 bits per heavy atom. The van der Waals surface area contributed by atoms with Crippen LogP contribution in [0, 0.1) is 5.92 Å². The number of hydrogen-bond acceptors (Lipinski definition) is 11. The van der Waals surface area contributed by atoms with E-state index in [4.69, 9.17) is 15.2 Å². The van der Waals surface area contributed by atoms with Crippen LogP contribution in [0.2, 0.25) is 0 Å². The van der Waals surface area contributed by atoms with Gasteiger partial charge in [0.2, 0.25) is 11.8 Å². The molecular weight excluding hydrogens is 775 g/mol. The number of nitrogens with zero attached hydrogens (tertiary/aromatic N) is 8. The second-order valence-electron chi connectivity index (χ2n) is 17.8. The molecule has 0 radical (unpaired) electrons. The Morgan fingerprint density at radius 3 is 2.54 bits per heavy atom. The van der Waals surface area contributed by atoms with Crippen LogP contribution in [0.1, 0.15) is 97.4 Å². The van der Waals surface area contributed by atoms with Gasteiger partial charge in [0, 0.05) is 75.0 Å². The van der Waals surface area contributed by atoms with Crippen molar-refractivity contribution in [2.24, 2.45) is 11.7 Å². The predicted octanol–water partition coefficient (Wildman–Crippen LogP) is 5.49. The number of hydrogen-bond donors (Lipinski definition) is 3. The van der Waals surface area contributed by atoms with Crippen molar-refractivity contribution in [1.82, 2.24) is 39.7 Å². The van der Waals surface area contributed by atoms with Crippen LogP contribution in [-0.4, -0.2) is 117 Å². The van der Waals surface area contributed by atoms with Gasteiger partial charge >= 0.3 is 6.03 Å². The minimum Gasteiger partial charge on any atom is -0.364 e. The molecule has 318 valence electrons. The first kappa shape index (κ1) is 39.1. The van der Waals surface area contributed by atoms with Gasteiger partial charge < -0.3 is 39.7 Å². The Bertz CT molecular complexity index is 2490. The summed E-state index contributed by atoms with van der Waals surface area (Å²) in [5.41, 5.74) is 10.4. The highest BCUT2D eigenvalue weighted by atomic mass is 16.5. The molecule has 5 fully saturated rings. The molecule has 1 saturated carbocycles. The van der Waals surface area contributed by atoms with Crippen molar-refractivity contribution in [2.45, 2.75) is 81.7 Å². The molecule has 3 unspecified atom stereocenters. The van der Waals surface area contributed by atoms with Crippen LogP contribution in [0.5, 0.6) is 0 Å². The number of urea groups is 1. The summed E-state index contributed by atoms with van der Waals surface area (Å²) in [4.78, 5) is 67.4. The Kier molecular flexibility index (Phi) is 10.3. The number of fused-ring (bicyclic) bond motifs is 3. The summed E-state index contributed by atoms with van der Waals surface area (Å²) in [5, 5.41) is 12.0. The molecule has 7 heterocycles. The normalized spacial score (nSPS) is 24.3. The summed E-state index contributed by atoms with van der Waals surface area (Å²) in [6, 6.07) is 15.2. The third-order valence-electron chi connectivity index (χ3n) is 14.0. The fourth-order valence-electron chi connectivity index (χ4n) is 10.7. The monoisotopic (exact) mass is 827 g/mol. The zero-order valence-corrected chi connectivity index (χ0v) is 34.6. The van der Waals surface area contributed by atoms with Crippen LogP contribution < -0.4 is 21.3 Å². The molecule has 5 aliphatic rings. The van der Waals surface area contributed by atoms with Crippen molar-refractivity contribution in [3.63, 3.8) is 0 Å². The van der Waals surface area contributed by atoms with Crippen LogP contribution in [0.4, 0.5) is 22.1 Å². The van der Waals surface area contributed by atoms with E-state index in [1.54, 1.807) is 11.1 Å². The fourth-order valence-corrected chi connectivity index (χ4v) is 10.7. The molecule has 61 heavy (non-hydrogen) atoms. The van der Waals surface area contributed by atoms with E-state index in [0.29, 0.717) is 60.2 Å². The van der Waals surface area contributed by atoms with Crippen LogP contribution >= 0.6 is 0 Å². The number of carbonyl (C=O) groups excluding carboxylic acids is 4. The standard InChI is InChI=1S/C45H53N11O5/c1-52-21-22-56(45(52)60)32-3-2-17-54(26-32)37-24-47-41(42(46)58)43(49-37)48-30-7-5-28(6-8-30)29-14-18-53(19-15-29)25-27-4-9-31(23-27)55-20-16-33-35(55)11-12-36-39(33)40(51-61-36)34-10-13-38(57)50-44(34)59/h5-8,11-12,16,20,24,27,29,31-32,34H,2-4,9-10,13-15,17-19,21-23,25-26H2,1H3,(H2,46,58)(H,48,49)(H,50,57,59)/t27?,31?,32-,34?/m1/s1. The number of carbonyl (C=O) groups is 4. The van der Waals surface area contributed by atoms with E-state index in [-0.39, 0.29) is 29.6 Å². The molecule has 4 atom stereocenters. The number of anilines is 3. The number of benzene rings is 2. The highest BCUT2D eigenvalue weighted by Crippen LogP contribution is 2.41. The van der Waals surface area contributed by atoms with Crippen LogP contribution in [0.3, 0.4) is 0 Å². The lowest BCUT2D eigenvalue weighted by Gasteiger charge is -2.37. The molecule has 2 aromatic carbocycles. The Morgan fingerprint density at radius 2 is 1.77 bits per heavy atom. The highest BCUT2D eigenvalue weighted by Gasteiger charge is 2.36. The third kappa shape index (κ3) is 7.55. The average Bonchev–Trinajstić information content (AvgIpc) is 4.08. The maximum atomic E-state index is 12.7. The van der Waals surface area contributed by atoms with Crippen molar-refractivity contribution in [3.8, 4) is 0 Å². The number of amides is 5. The summed E-state index contributed by atoms with van der Waals surface area (Å²) in [6.07, 6.45) is 12.0. The lowest BCUT2D eigenvalue weighted by molar-refractivity contribution is -0.134. The van der Waals surface area contributed by atoms with Gasteiger partial charge in [-0.3, -0.25) is 19.7 Å². The SMILES string of the molecule is CN1CCN([C@@H]2CCCN(c3cnc(C(N)=O)c(Nc4ccc(C5CCN(CC6CCC(n7ccc8c9c(C%10CCC(=O)NC%10=O)noc9ccc87)C6)CC5)cc4)n3)C2)C1=O. The predicted molar refractivity (Wildman–Crippen MR) is 230 cm³/mol. The number of likely N-dealkylation sites (tertiary alicyclic amines) is 1. The van der Waals surface area contributed by atoms with E-state index in [1.165, 1.54) is 12.0 Å². The smallest absolute Gasteiger partial charge is 0.320 e. The lowest BCUT2D eigenvalue weighted by Crippen LogP contribution is -2.49. The van der Waals surface area contributed by atoms with Gasteiger partial charge in [-0.2, -0.15) is 0 Å². The number of imide groups is 1.